The number of hydrogen-bond acceptors (Lipinski definition) is 3. The minimum Gasteiger partial charge on any atom is -0.296 e. The zero-order valence-electron chi connectivity index (χ0n) is 10.9. The highest BCUT2D eigenvalue weighted by Gasteiger charge is 2.08. The molecule has 2 rings (SSSR count). The third-order valence-corrected chi connectivity index (χ3v) is 3.59. The number of nitrogens with zero attached hydrogens (tertiary/aromatic N) is 2. The van der Waals surface area contributed by atoms with Crippen molar-refractivity contribution >= 4 is 18.0 Å². The molecule has 0 saturated carbocycles. The van der Waals surface area contributed by atoms with Crippen LogP contribution in [0.25, 0.3) is 11.3 Å². The zero-order chi connectivity index (χ0) is 13.7. The fourth-order valence-electron chi connectivity index (χ4n) is 1.82. The summed E-state index contributed by atoms with van der Waals surface area (Å²) in [6.07, 6.45) is 2.55. The normalized spacial score (nSPS) is 10.4. The number of aromatic nitrogens is 2. The second-order valence-corrected chi connectivity index (χ2v) is 5.34. The van der Waals surface area contributed by atoms with E-state index in [2.05, 4.69) is 30.7 Å². The highest BCUT2D eigenvalue weighted by molar-refractivity contribution is 7.99. The van der Waals surface area contributed by atoms with Gasteiger partial charge in [-0.15, -0.1) is 18.3 Å². The van der Waals surface area contributed by atoms with Gasteiger partial charge in [-0.1, -0.05) is 25.1 Å². The number of carbonyl (C=O) groups is 1. The molecule has 4 heteroatoms. The van der Waals surface area contributed by atoms with Gasteiger partial charge < -0.3 is 0 Å². The summed E-state index contributed by atoms with van der Waals surface area (Å²) in [5.41, 5.74) is 2.41. The molecule has 0 amide bonds. The minimum atomic E-state index is 0.540. The second-order valence-electron chi connectivity index (χ2n) is 4.00. The van der Waals surface area contributed by atoms with Gasteiger partial charge in [-0.2, -0.15) is 5.10 Å². The summed E-state index contributed by atoms with van der Waals surface area (Å²) in [5, 5.41) is 4.42. The van der Waals surface area contributed by atoms with E-state index in [1.807, 2.05) is 12.1 Å². The first-order chi connectivity index (χ1) is 9.28. The number of allylic oxidation sites excluding steroid dienone is 1. The third kappa shape index (κ3) is 3.15. The number of benzene rings is 1. The summed E-state index contributed by atoms with van der Waals surface area (Å²) < 4.78 is 1.66. The molecule has 0 fully saturated rings. The molecule has 3 nitrogen and oxygen atoms in total. The van der Waals surface area contributed by atoms with Crippen molar-refractivity contribution in [3.63, 3.8) is 0 Å². The summed E-state index contributed by atoms with van der Waals surface area (Å²) in [7, 11) is 0. The van der Waals surface area contributed by atoms with Crippen molar-refractivity contribution in [2.75, 3.05) is 5.75 Å². The van der Waals surface area contributed by atoms with Crippen LogP contribution >= 0.6 is 11.8 Å². The van der Waals surface area contributed by atoms with E-state index < -0.39 is 0 Å². The highest BCUT2D eigenvalue weighted by Crippen LogP contribution is 2.23. The molecule has 1 aromatic carbocycles. The minimum absolute atomic E-state index is 0.540. The standard InChI is InChI=1S/C15H16N2OS/c1-3-9-17-13(11-18)10-15(16-17)12-5-7-14(8-6-12)19-4-2/h3,5-8,10-11H,1,4,9H2,2H3. The molecule has 0 N–H and O–H groups in total. The van der Waals surface area contributed by atoms with Crippen LogP contribution in [0.4, 0.5) is 0 Å². The van der Waals surface area contributed by atoms with Gasteiger partial charge >= 0.3 is 0 Å². The van der Waals surface area contributed by atoms with E-state index in [9.17, 15) is 4.79 Å². The van der Waals surface area contributed by atoms with Gasteiger partial charge in [0.05, 0.1) is 12.2 Å². The molecule has 0 atom stereocenters. The van der Waals surface area contributed by atoms with Crippen LogP contribution in [-0.4, -0.2) is 21.8 Å². The quantitative estimate of drug-likeness (QED) is 0.457. The monoisotopic (exact) mass is 272 g/mol. The largest absolute Gasteiger partial charge is 0.296 e. The number of rotatable bonds is 6. The number of thioether (sulfide) groups is 1. The molecular weight excluding hydrogens is 256 g/mol. The first kappa shape index (κ1) is 13.6. The Balaban J connectivity index is 2.30. The second kappa shape index (κ2) is 6.38. The Kier molecular flexibility index (Phi) is 4.58. The summed E-state index contributed by atoms with van der Waals surface area (Å²) in [4.78, 5) is 12.2. The van der Waals surface area contributed by atoms with Gasteiger partial charge in [0.25, 0.3) is 0 Å². The topological polar surface area (TPSA) is 34.9 Å². The van der Waals surface area contributed by atoms with Gasteiger partial charge in [-0.05, 0) is 24.0 Å². The average Bonchev–Trinajstić information content (AvgIpc) is 2.84. The number of carbonyl (C=O) groups excluding carboxylic acids is 1. The lowest BCUT2D eigenvalue weighted by Gasteiger charge is -2.00. The van der Waals surface area contributed by atoms with Crippen LogP contribution in [0.1, 0.15) is 17.4 Å². The van der Waals surface area contributed by atoms with Crippen molar-refractivity contribution in [2.24, 2.45) is 0 Å². The number of hydrogen-bond donors (Lipinski definition) is 0. The van der Waals surface area contributed by atoms with Crippen molar-refractivity contribution in [2.45, 2.75) is 18.4 Å². The lowest BCUT2D eigenvalue weighted by molar-refractivity contribution is 0.111. The Morgan fingerprint density at radius 3 is 2.68 bits per heavy atom. The highest BCUT2D eigenvalue weighted by atomic mass is 32.2. The molecule has 0 unspecified atom stereocenters. The zero-order valence-corrected chi connectivity index (χ0v) is 11.7. The summed E-state index contributed by atoms with van der Waals surface area (Å²) in [6, 6.07) is 10.0. The van der Waals surface area contributed by atoms with Crippen LogP contribution in [0.3, 0.4) is 0 Å². The Morgan fingerprint density at radius 2 is 2.11 bits per heavy atom. The molecule has 0 radical (unpaired) electrons. The molecule has 0 saturated heterocycles. The van der Waals surface area contributed by atoms with E-state index in [1.165, 1.54) is 4.90 Å². The predicted octanol–water partition coefficient (Wildman–Crippen LogP) is 3.66. The van der Waals surface area contributed by atoms with Crippen molar-refractivity contribution in [1.29, 1.82) is 0 Å². The van der Waals surface area contributed by atoms with Crippen LogP contribution in [0.15, 0.2) is 47.9 Å². The maximum absolute atomic E-state index is 11.0. The van der Waals surface area contributed by atoms with Crippen molar-refractivity contribution in [1.82, 2.24) is 9.78 Å². The van der Waals surface area contributed by atoms with Gasteiger partial charge in [0.15, 0.2) is 6.29 Å². The number of aldehydes is 1. The molecule has 19 heavy (non-hydrogen) atoms. The molecular formula is C15H16N2OS. The summed E-state index contributed by atoms with van der Waals surface area (Å²) >= 11 is 1.81. The van der Waals surface area contributed by atoms with Crippen LogP contribution in [0.2, 0.25) is 0 Å². The third-order valence-electron chi connectivity index (χ3n) is 2.69. The first-order valence-electron chi connectivity index (χ1n) is 6.15. The van der Waals surface area contributed by atoms with Crippen LogP contribution < -0.4 is 0 Å². The fraction of sp³-hybridized carbons (Fsp3) is 0.200. The van der Waals surface area contributed by atoms with Crippen LogP contribution in [0, 0.1) is 0 Å². The Morgan fingerprint density at radius 1 is 1.37 bits per heavy atom. The van der Waals surface area contributed by atoms with E-state index in [0.717, 1.165) is 23.3 Å². The van der Waals surface area contributed by atoms with Crippen molar-refractivity contribution in [3.05, 3.63) is 48.7 Å². The van der Waals surface area contributed by atoms with E-state index in [1.54, 1.807) is 28.6 Å². The summed E-state index contributed by atoms with van der Waals surface area (Å²) in [6.45, 7) is 6.34. The molecule has 0 bridgehead atoms. The Bertz CT molecular complexity index is 572. The van der Waals surface area contributed by atoms with E-state index in [0.29, 0.717) is 12.2 Å². The molecule has 1 heterocycles. The van der Waals surface area contributed by atoms with E-state index in [-0.39, 0.29) is 0 Å². The lowest BCUT2D eigenvalue weighted by Crippen LogP contribution is -2.01. The average molecular weight is 272 g/mol. The fourth-order valence-corrected chi connectivity index (χ4v) is 2.49. The molecule has 0 aliphatic heterocycles. The van der Waals surface area contributed by atoms with E-state index >= 15 is 0 Å². The molecule has 0 aliphatic carbocycles. The maximum atomic E-state index is 11.0. The Hall–Kier alpha value is -1.81. The molecule has 2 aromatic rings. The molecule has 0 spiro atoms. The molecule has 98 valence electrons. The lowest BCUT2D eigenvalue weighted by atomic mass is 10.1. The van der Waals surface area contributed by atoms with Crippen molar-refractivity contribution < 1.29 is 4.79 Å². The Labute approximate surface area is 117 Å². The summed E-state index contributed by atoms with van der Waals surface area (Å²) in [5.74, 6) is 1.06. The molecule has 1 aromatic heterocycles. The predicted molar refractivity (Wildman–Crippen MR) is 79.6 cm³/mol. The van der Waals surface area contributed by atoms with Crippen molar-refractivity contribution in [3.8, 4) is 11.3 Å². The first-order valence-corrected chi connectivity index (χ1v) is 7.14. The van der Waals surface area contributed by atoms with Crippen LogP contribution in [0.5, 0.6) is 0 Å². The molecule has 0 aliphatic rings. The van der Waals surface area contributed by atoms with Crippen LogP contribution in [-0.2, 0) is 6.54 Å². The van der Waals surface area contributed by atoms with Gasteiger partial charge in [0.2, 0.25) is 0 Å². The van der Waals surface area contributed by atoms with E-state index in [4.69, 9.17) is 0 Å². The SMILES string of the molecule is C=CCn1nc(-c2ccc(SCC)cc2)cc1C=O. The van der Waals surface area contributed by atoms with Gasteiger partial charge in [0.1, 0.15) is 5.69 Å². The van der Waals surface area contributed by atoms with Gasteiger partial charge in [-0.3, -0.25) is 9.48 Å². The smallest absolute Gasteiger partial charge is 0.168 e. The maximum Gasteiger partial charge on any atom is 0.168 e. The van der Waals surface area contributed by atoms with Gasteiger partial charge in [0, 0.05) is 10.5 Å². The van der Waals surface area contributed by atoms with Gasteiger partial charge in [-0.25, -0.2) is 0 Å².